The number of benzene rings is 1. The Morgan fingerprint density at radius 3 is 2.58 bits per heavy atom. The van der Waals surface area contributed by atoms with Crippen LogP contribution in [-0.4, -0.2) is 49.5 Å². The normalized spacial score (nSPS) is 17.9. The van der Waals surface area contributed by atoms with Gasteiger partial charge in [0.25, 0.3) is 0 Å². The van der Waals surface area contributed by atoms with E-state index in [4.69, 9.17) is 0 Å². The molecule has 1 atom stereocenters. The van der Waals surface area contributed by atoms with Gasteiger partial charge in [-0.1, -0.05) is 38.1 Å². The minimum absolute atomic E-state index is 0.234. The Morgan fingerprint density at radius 2 is 1.96 bits per heavy atom. The van der Waals surface area contributed by atoms with E-state index in [1.165, 1.54) is 11.1 Å². The zero-order valence-corrected chi connectivity index (χ0v) is 15.1. The Kier molecular flexibility index (Phi) is 7.09. The number of hydrogen-bond donors (Lipinski definition) is 2. The fourth-order valence-electron chi connectivity index (χ4n) is 2.98. The largest absolute Gasteiger partial charge is 0.356 e. The summed E-state index contributed by atoms with van der Waals surface area (Å²) in [5, 5.41) is 6.79. The molecule has 1 fully saturated rings. The number of likely N-dealkylation sites (tertiary alicyclic amines) is 1. The van der Waals surface area contributed by atoms with Gasteiger partial charge < -0.3 is 15.5 Å². The van der Waals surface area contributed by atoms with Crippen molar-refractivity contribution in [2.75, 3.05) is 26.7 Å². The van der Waals surface area contributed by atoms with E-state index < -0.39 is 0 Å². The molecule has 0 aromatic heterocycles. The van der Waals surface area contributed by atoms with Crippen LogP contribution in [0.4, 0.5) is 0 Å². The fraction of sp³-hybridized carbons (Fsp3) is 0.579. The third-order valence-corrected chi connectivity index (χ3v) is 4.55. The summed E-state index contributed by atoms with van der Waals surface area (Å²) >= 11 is 0. The Morgan fingerprint density at radius 1 is 1.25 bits per heavy atom. The van der Waals surface area contributed by atoms with Crippen LogP contribution in [0.15, 0.2) is 29.3 Å². The van der Waals surface area contributed by atoms with E-state index in [9.17, 15) is 4.79 Å². The van der Waals surface area contributed by atoms with Crippen LogP contribution in [0.25, 0.3) is 0 Å². The van der Waals surface area contributed by atoms with Gasteiger partial charge in [0.2, 0.25) is 5.91 Å². The average Bonchev–Trinajstić information content (AvgIpc) is 3.09. The molecule has 2 N–H and O–H groups in total. The first-order valence-corrected chi connectivity index (χ1v) is 8.99. The van der Waals surface area contributed by atoms with Crippen molar-refractivity contribution < 1.29 is 4.79 Å². The highest BCUT2D eigenvalue weighted by Crippen LogP contribution is 2.10. The van der Waals surface area contributed by atoms with E-state index in [0.29, 0.717) is 6.42 Å². The minimum Gasteiger partial charge on any atom is -0.356 e. The summed E-state index contributed by atoms with van der Waals surface area (Å²) in [6, 6.07) is 9.07. The van der Waals surface area contributed by atoms with Crippen LogP contribution in [-0.2, 0) is 17.6 Å². The lowest BCUT2D eigenvalue weighted by atomic mass is 10.1. The molecule has 0 bridgehead atoms. The number of aliphatic imine (C=N–C) groups is 1. The second-order valence-electron chi connectivity index (χ2n) is 6.24. The number of carbonyl (C=O) groups excluding carboxylic acids is 1. The molecule has 1 saturated heterocycles. The molecular formula is C19H30N4O. The monoisotopic (exact) mass is 330 g/mol. The number of guanidine groups is 1. The Labute approximate surface area is 145 Å². The van der Waals surface area contributed by atoms with Gasteiger partial charge in [0.15, 0.2) is 5.96 Å². The second-order valence-corrected chi connectivity index (χ2v) is 6.24. The third kappa shape index (κ3) is 5.25. The molecule has 2 rings (SSSR count). The molecule has 0 aliphatic carbocycles. The zero-order valence-electron chi connectivity index (χ0n) is 15.1. The molecule has 24 heavy (non-hydrogen) atoms. The number of rotatable bonds is 6. The Bertz CT molecular complexity index is 553. The van der Waals surface area contributed by atoms with Crippen molar-refractivity contribution in [2.45, 2.75) is 45.6 Å². The first-order chi connectivity index (χ1) is 11.7. The van der Waals surface area contributed by atoms with Gasteiger partial charge >= 0.3 is 0 Å². The highest BCUT2D eigenvalue weighted by Gasteiger charge is 2.25. The van der Waals surface area contributed by atoms with Gasteiger partial charge in [0.1, 0.15) is 0 Å². The zero-order chi connectivity index (χ0) is 17.4. The number of hydrogen-bond acceptors (Lipinski definition) is 2. The molecule has 1 aromatic carbocycles. The fourth-order valence-corrected chi connectivity index (χ4v) is 2.98. The number of amides is 1. The topological polar surface area (TPSA) is 56.7 Å². The summed E-state index contributed by atoms with van der Waals surface area (Å²) in [5.41, 5.74) is 2.70. The maximum atomic E-state index is 11.7. The van der Waals surface area contributed by atoms with Gasteiger partial charge in [0, 0.05) is 39.1 Å². The average molecular weight is 330 g/mol. The van der Waals surface area contributed by atoms with Crippen LogP contribution in [0.1, 0.15) is 37.8 Å². The molecule has 1 amide bonds. The van der Waals surface area contributed by atoms with Gasteiger partial charge in [-0.15, -0.1) is 0 Å². The van der Waals surface area contributed by atoms with Gasteiger partial charge in [0.05, 0.1) is 0 Å². The van der Waals surface area contributed by atoms with Crippen molar-refractivity contribution in [3.63, 3.8) is 0 Å². The molecule has 132 valence electrons. The smallest absolute Gasteiger partial charge is 0.222 e. The van der Waals surface area contributed by atoms with Crippen LogP contribution in [0, 0.1) is 0 Å². The molecule has 5 nitrogen and oxygen atoms in total. The Hall–Kier alpha value is -2.04. The van der Waals surface area contributed by atoms with E-state index in [2.05, 4.69) is 46.8 Å². The van der Waals surface area contributed by atoms with Gasteiger partial charge in [-0.2, -0.15) is 0 Å². The van der Waals surface area contributed by atoms with Crippen LogP contribution in [0.5, 0.6) is 0 Å². The van der Waals surface area contributed by atoms with Crippen molar-refractivity contribution in [2.24, 2.45) is 4.99 Å². The number of aryl methyl sites for hydroxylation is 1. The van der Waals surface area contributed by atoms with Crippen molar-refractivity contribution in [1.29, 1.82) is 0 Å². The quantitative estimate of drug-likeness (QED) is 0.619. The summed E-state index contributed by atoms with van der Waals surface area (Å²) < 4.78 is 0. The maximum absolute atomic E-state index is 11.7. The van der Waals surface area contributed by atoms with E-state index >= 15 is 0 Å². The van der Waals surface area contributed by atoms with Crippen LogP contribution >= 0.6 is 0 Å². The van der Waals surface area contributed by atoms with Crippen LogP contribution < -0.4 is 10.6 Å². The predicted molar refractivity (Wildman–Crippen MR) is 99.3 cm³/mol. The van der Waals surface area contributed by atoms with E-state index in [-0.39, 0.29) is 11.9 Å². The summed E-state index contributed by atoms with van der Waals surface area (Å²) in [7, 11) is 1.79. The van der Waals surface area contributed by atoms with E-state index in [0.717, 1.165) is 44.9 Å². The lowest BCUT2D eigenvalue weighted by Gasteiger charge is -2.18. The molecular weight excluding hydrogens is 300 g/mol. The lowest BCUT2D eigenvalue weighted by molar-refractivity contribution is -0.129. The third-order valence-electron chi connectivity index (χ3n) is 4.55. The molecule has 1 aromatic rings. The number of nitrogens with one attached hydrogen (secondary N) is 2. The van der Waals surface area contributed by atoms with Gasteiger partial charge in [-0.05, 0) is 30.4 Å². The molecule has 0 radical (unpaired) electrons. The highest BCUT2D eigenvalue weighted by molar-refractivity contribution is 5.80. The van der Waals surface area contributed by atoms with Crippen LogP contribution in [0.2, 0.25) is 0 Å². The van der Waals surface area contributed by atoms with E-state index in [1.807, 2.05) is 11.8 Å². The second kappa shape index (κ2) is 9.30. The van der Waals surface area contributed by atoms with E-state index in [1.54, 1.807) is 7.05 Å². The first-order valence-electron chi connectivity index (χ1n) is 8.99. The molecule has 1 aliphatic rings. The standard InChI is InChI=1S/C19H30N4O/c1-4-15-6-8-16(9-7-15)10-12-21-19(20-3)22-17-11-13-23(14-17)18(24)5-2/h6-9,17H,4-5,10-14H2,1-3H3,(H2,20,21,22). The summed E-state index contributed by atoms with van der Waals surface area (Å²) in [5.74, 6) is 1.05. The van der Waals surface area contributed by atoms with Crippen molar-refractivity contribution >= 4 is 11.9 Å². The highest BCUT2D eigenvalue weighted by atomic mass is 16.2. The summed E-state index contributed by atoms with van der Waals surface area (Å²) in [4.78, 5) is 18.0. The SMILES string of the molecule is CCC(=O)N1CCC(NC(=NC)NCCc2ccc(CC)cc2)C1. The molecule has 5 heteroatoms. The molecule has 0 spiro atoms. The first kappa shape index (κ1) is 18.3. The lowest BCUT2D eigenvalue weighted by Crippen LogP contribution is -2.45. The summed E-state index contributed by atoms with van der Waals surface area (Å²) in [6.45, 7) is 6.54. The van der Waals surface area contributed by atoms with Crippen LogP contribution in [0.3, 0.4) is 0 Å². The van der Waals surface area contributed by atoms with Crippen molar-refractivity contribution in [3.05, 3.63) is 35.4 Å². The summed E-state index contributed by atoms with van der Waals surface area (Å²) in [6.07, 6.45) is 3.60. The van der Waals surface area contributed by atoms with Crippen molar-refractivity contribution in [3.8, 4) is 0 Å². The minimum atomic E-state index is 0.234. The number of carbonyl (C=O) groups is 1. The van der Waals surface area contributed by atoms with Crippen molar-refractivity contribution in [1.82, 2.24) is 15.5 Å². The molecule has 1 heterocycles. The predicted octanol–water partition coefficient (Wildman–Crippen LogP) is 1.97. The Balaban J connectivity index is 1.73. The molecule has 1 unspecified atom stereocenters. The van der Waals surface area contributed by atoms with Gasteiger partial charge in [-0.25, -0.2) is 0 Å². The maximum Gasteiger partial charge on any atom is 0.222 e. The van der Waals surface area contributed by atoms with Gasteiger partial charge in [-0.3, -0.25) is 9.79 Å². The molecule has 0 saturated carbocycles. The molecule has 1 aliphatic heterocycles. The number of nitrogens with zero attached hydrogens (tertiary/aromatic N) is 2.